The number of rotatable bonds is 1. The summed E-state index contributed by atoms with van der Waals surface area (Å²) in [6, 6.07) is 0. The zero-order chi connectivity index (χ0) is 6.78. The van der Waals surface area contributed by atoms with Gasteiger partial charge in [-0.25, -0.2) is 4.57 Å². The Bertz CT molecular complexity index is 141. The third-order valence-corrected chi connectivity index (χ3v) is 0.742. The Labute approximate surface area is 124 Å². The van der Waals surface area contributed by atoms with Gasteiger partial charge in [0.05, 0.1) is 0 Å². The average Bonchev–Trinajstić information content (AvgIpc) is 1.21. The van der Waals surface area contributed by atoms with E-state index in [0.29, 0.717) is 0 Å². The predicted octanol–water partition coefficient (Wildman–Crippen LogP) is -0.358. The fourth-order valence-electron chi connectivity index (χ4n) is 0.167. The van der Waals surface area contributed by atoms with Crippen LogP contribution in [0.5, 0.6) is 0 Å². The Kier molecular flexibility index (Phi) is 14.4. The third kappa shape index (κ3) is 16.7. The van der Waals surface area contributed by atoms with Gasteiger partial charge < -0.3 is 4.52 Å². The van der Waals surface area contributed by atoms with E-state index in [-0.39, 0.29) is 81.7 Å². The van der Waals surface area contributed by atoms with Crippen LogP contribution in [0, 0.1) is 81.7 Å². The molecule has 0 aromatic carbocycles. The first-order chi connectivity index (χ1) is 3.42. The van der Waals surface area contributed by atoms with Gasteiger partial charge in [0.2, 0.25) is 0 Å². The number of hydrogen-bond acceptors (Lipinski definition) is 3. The molecule has 0 fully saturated rings. The summed E-state index contributed by atoms with van der Waals surface area (Å²) in [7, 11) is -4.57. The topological polar surface area (TPSA) is 83.8 Å². The van der Waals surface area contributed by atoms with Crippen LogP contribution >= 0.6 is 7.82 Å². The smallest absolute Gasteiger partial charge is 0.371 e. The summed E-state index contributed by atoms with van der Waals surface area (Å²) in [5.74, 6) is -0.988. The first-order valence-electron chi connectivity index (χ1n) is 1.67. The number of carbonyl (C=O) groups is 1. The molecule has 0 aliphatic rings. The van der Waals surface area contributed by atoms with Crippen molar-refractivity contribution < 1.29 is 105 Å². The summed E-state index contributed by atoms with van der Waals surface area (Å²) >= 11 is 0. The van der Waals surface area contributed by atoms with Crippen molar-refractivity contribution in [3.05, 3.63) is 0 Å². The van der Waals surface area contributed by atoms with Crippen LogP contribution in [-0.4, -0.2) is 15.8 Å². The molecule has 0 radical (unpaired) electrons. The molecule has 0 saturated heterocycles. The van der Waals surface area contributed by atoms with Crippen LogP contribution < -0.4 is 0 Å². The molecule has 0 aromatic heterocycles. The van der Waals surface area contributed by atoms with Gasteiger partial charge >= 0.3 is 13.8 Å². The Hall–Kier alpha value is 2.32. The van der Waals surface area contributed by atoms with Crippen LogP contribution in [0.4, 0.5) is 0 Å². The fraction of sp³-hybridized carbons (Fsp3) is 0.500. The molecule has 0 spiro atoms. The van der Waals surface area contributed by atoms with Crippen LogP contribution in [0.1, 0.15) is 6.92 Å². The van der Waals surface area contributed by atoms with Gasteiger partial charge in [0.1, 0.15) is 0 Å². The van der Waals surface area contributed by atoms with Crippen molar-refractivity contribution in [1.82, 2.24) is 0 Å². The number of hydrogen-bond donors (Lipinski definition) is 2. The normalized spacial score (nSPS) is 8.70. The maximum absolute atomic E-state index is 9.74. The van der Waals surface area contributed by atoms with Crippen molar-refractivity contribution in [2.24, 2.45) is 0 Å². The van der Waals surface area contributed by atoms with E-state index in [2.05, 4.69) is 4.52 Å². The van der Waals surface area contributed by atoms with Gasteiger partial charge in [0.15, 0.2) is 0 Å². The van der Waals surface area contributed by atoms with Crippen LogP contribution in [0.2, 0.25) is 0 Å². The Balaban J connectivity index is -0.000000245. The molecular weight excluding hydrogens is 423 g/mol. The number of carbonyl (C=O) groups excluding carboxylic acids is 1. The molecule has 0 aliphatic carbocycles. The minimum absolute atomic E-state index is 0. The summed E-state index contributed by atoms with van der Waals surface area (Å²) in [5, 5.41) is 0. The van der Waals surface area contributed by atoms with E-state index in [1.54, 1.807) is 0 Å². The van der Waals surface area contributed by atoms with Gasteiger partial charge in [-0.05, 0) is 0 Å². The molecule has 0 aliphatic heterocycles. The Morgan fingerprint density at radius 1 is 1.40 bits per heavy atom. The van der Waals surface area contributed by atoms with E-state index in [9.17, 15) is 9.36 Å². The van der Waals surface area contributed by atoms with Gasteiger partial charge in [-0.15, -0.1) is 0 Å². The molecule has 0 rings (SSSR count). The molecular formula is C2H5Nd2O5P. The summed E-state index contributed by atoms with van der Waals surface area (Å²) in [6.45, 7) is 0.916. The summed E-state index contributed by atoms with van der Waals surface area (Å²) in [6.07, 6.45) is 0. The van der Waals surface area contributed by atoms with Gasteiger partial charge in [0.25, 0.3) is 0 Å². The molecule has 0 bridgehead atoms. The molecule has 10 heavy (non-hydrogen) atoms. The van der Waals surface area contributed by atoms with E-state index in [0.717, 1.165) is 6.92 Å². The number of phosphoric acid groups is 1. The molecule has 0 unspecified atom stereocenters. The monoisotopic (exact) mass is 424 g/mol. The largest absolute Gasteiger partial charge is 0.526 e. The predicted molar refractivity (Wildman–Crippen MR) is 23.8 cm³/mol. The molecule has 8 heteroatoms. The van der Waals surface area contributed by atoms with Gasteiger partial charge in [-0.3, -0.25) is 14.6 Å². The zero-order valence-corrected chi connectivity index (χ0v) is 12.4. The molecule has 0 saturated carbocycles. The van der Waals surface area contributed by atoms with E-state index >= 15 is 0 Å². The first-order valence-corrected chi connectivity index (χ1v) is 3.20. The van der Waals surface area contributed by atoms with Crippen molar-refractivity contribution in [1.29, 1.82) is 0 Å². The van der Waals surface area contributed by atoms with Crippen molar-refractivity contribution in [3.8, 4) is 0 Å². The zero-order valence-electron chi connectivity index (χ0n) is 5.07. The van der Waals surface area contributed by atoms with Crippen molar-refractivity contribution in [3.63, 3.8) is 0 Å². The minimum atomic E-state index is -4.57. The molecule has 0 aromatic rings. The maximum atomic E-state index is 9.74. The molecule has 2 N–H and O–H groups in total. The van der Waals surface area contributed by atoms with Crippen LogP contribution in [-0.2, 0) is 13.9 Å². The van der Waals surface area contributed by atoms with E-state index in [4.69, 9.17) is 9.79 Å². The quantitative estimate of drug-likeness (QED) is 0.558. The van der Waals surface area contributed by atoms with Crippen molar-refractivity contribution >= 4 is 13.8 Å². The summed E-state index contributed by atoms with van der Waals surface area (Å²) in [5.41, 5.74) is 0. The minimum Gasteiger partial charge on any atom is -0.371 e. The van der Waals surface area contributed by atoms with Crippen LogP contribution in [0.15, 0.2) is 0 Å². The maximum Gasteiger partial charge on any atom is 0.526 e. The van der Waals surface area contributed by atoms with E-state index in [1.807, 2.05) is 0 Å². The second kappa shape index (κ2) is 7.94. The Morgan fingerprint density at radius 3 is 1.70 bits per heavy atom. The van der Waals surface area contributed by atoms with Gasteiger partial charge in [-0.2, -0.15) is 0 Å². The summed E-state index contributed by atoms with van der Waals surface area (Å²) in [4.78, 5) is 25.5. The van der Waals surface area contributed by atoms with Crippen molar-refractivity contribution in [2.45, 2.75) is 6.92 Å². The van der Waals surface area contributed by atoms with Gasteiger partial charge in [0, 0.05) is 88.6 Å². The summed E-state index contributed by atoms with van der Waals surface area (Å²) < 4.78 is 13.2. The number of phosphoric ester groups is 1. The van der Waals surface area contributed by atoms with Crippen LogP contribution in [0.25, 0.3) is 0 Å². The third-order valence-electron chi connectivity index (χ3n) is 0.247. The fourth-order valence-corrected chi connectivity index (χ4v) is 0.502. The SMILES string of the molecule is CC(=O)OP(=O)(O)O.[Nd].[Nd]. The average molecular weight is 429 g/mol. The molecule has 0 amide bonds. The molecule has 56 valence electrons. The second-order valence-electron chi connectivity index (χ2n) is 1.07. The second-order valence-corrected chi connectivity index (χ2v) is 2.24. The molecule has 0 atom stereocenters. The molecule has 0 heterocycles. The van der Waals surface area contributed by atoms with E-state index in [1.165, 1.54) is 0 Å². The first kappa shape index (κ1) is 18.2. The van der Waals surface area contributed by atoms with E-state index < -0.39 is 13.8 Å². The standard InChI is InChI=1S/C2H5O5P.2Nd/c1-2(3)7-8(4,5)6;;/h1H3,(H2,4,5,6);;. The van der Waals surface area contributed by atoms with Crippen molar-refractivity contribution in [2.75, 3.05) is 0 Å². The molecule has 5 nitrogen and oxygen atoms in total. The van der Waals surface area contributed by atoms with Crippen LogP contribution in [0.3, 0.4) is 0 Å². The Morgan fingerprint density at radius 2 is 1.70 bits per heavy atom. The van der Waals surface area contributed by atoms with Gasteiger partial charge in [-0.1, -0.05) is 0 Å².